The molecule has 36 heavy (non-hydrogen) atoms. The van der Waals surface area contributed by atoms with Gasteiger partial charge in [-0.1, -0.05) is 57.2 Å². The van der Waals surface area contributed by atoms with E-state index < -0.39 is 6.10 Å². The van der Waals surface area contributed by atoms with E-state index >= 15 is 0 Å². The molecule has 0 spiro atoms. The number of nitrogens with one attached hydrogen (secondary N) is 1. The first kappa shape index (κ1) is 27.0. The first-order valence-corrected chi connectivity index (χ1v) is 12.5. The number of allylic oxidation sites excluding steroid dienone is 2. The van der Waals surface area contributed by atoms with E-state index in [0.29, 0.717) is 24.9 Å². The summed E-state index contributed by atoms with van der Waals surface area (Å²) < 4.78 is 16.0. The van der Waals surface area contributed by atoms with Gasteiger partial charge in [0, 0.05) is 29.9 Å². The highest BCUT2D eigenvalue weighted by Gasteiger charge is 2.30. The van der Waals surface area contributed by atoms with Crippen LogP contribution in [0.5, 0.6) is 0 Å². The molecular formula is C31H35FN2O2. The molecule has 0 aliphatic rings. The summed E-state index contributed by atoms with van der Waals surface area (Å²) in [6, 6.07) is 16.1. The normalized spacial score (nSPS) is 12.4. The summed E-state index contributed by atoms with van der Waals surface area (Å²) in [5.41, 5.74) is 5.60. The molecule has 3 rings (SSSR count). The van der Waals surface area contributed by atoms with Crippen LogP contribution in [0.4, 0.5) is 4.39 Å². The lowest BCUT2D eigenvalue weighted by Crippen LogP contribution is -2.24. The summed E-state index contributed by atoms with van der Waals surface area (Å²) >= 11 is 0. The van der Waals surface area contributed by atoms with Crippen molar-refractivity contribution in [3.8, 4) is 34.7 Å². The average Bonchev–Trinajstić information content (AvgIpc) is 3.22. The Morgan fingerprint density at radius 3 is 2.36 bits per heavy atom. The van der Waals surface area contributed by atoms with Gasteiger partial charge in [-0.2, -0.15) is 0 Å². The first-order chi connectivity index (χ1) is 17.3. The van der Waals surface area contributed by atoms with Crippen LogP contribution in [0, 0.1) is 18.2 Å². The molecule has 0 unspecified atom stereocenters. The highest BCUT2D eigenvalue weighted by molar-refractivity contribution is 6.07. The standard InChI is InChI=1S/C31H35FN2O2/c1-6-12-26(35)19-20-34-29(21(4)5)28(31(36)33-25(7-2)8-3)27(22-13-10-9-11-14-22)30(34)23-15-17-24(32)18-16-23/h1,7,9-11,13-18,21,26,35H,8,12,19-20H2,2-5H3,(H,33,36)/b25-7+/t26-/m0/s1. The number of nitrogens with zero attached hydrogens (tertiary/aromatic N) is 1. The van der Waals surface area contributed by atoms with Gasteiger partial charge in [-0.05, 0) is 61.1 Å². The summed E-state index contributed by atoms with van der Waals surface area (Å²) in [5, 5.41) is 13.5. The highest BCUT2D eigenvalue weighted by Crippen LogP contribution is 2.42. The quantitative estimate of drug-likeness (QED) is 0.306. The molecule has 188 valence electrons. The molecule has 0 radical (unpaired) electrons. The van der Waals surface area contributed by atoms with Crippen molar-refractivity contribution >= 4 is 5.91 Å². The van der Waals surface area contributed by atoms with E-state index in [1.807, 2.05) is 50.3 Å². The molecule has 0 aliphatic carbocycles. The number of aliphatic hydroxyl groups excluding tert-OH is 1. The van der Waals surface area contributed by atoms with Crippen molar-refractivity contribution in [3.63, 3.8) is 0 Å². The van der Waals surface area contributed by atoms with Gasteiger partial charge >= 0.3 is 0 Å². The number of aliphatic hydroxyl groups is 1. The van der Waals surface area contributed by atoms with Crippen LogP contribution in [-0.4, -0.2) is 21.7 Å². The maximum absolute atomic E-state index is 13.9. The van der Waals surface area contributed by atoms with Crippen molar-refractivity contribution in [1.82, 2.24) is 9.88 Å². The van der Waals surface area contributed by atoms with Crippen molar-refractivity contribution < 1.29 is 14.3 Å². The predicted molar refractivity (Wildman–Crippen MR) is 145 cm³/mol. The summed E-state index contributed by atoms with van der Waals surface area (Å²) in [4.78, 5) is 13.9. The molecule has 2 aromatic carbocycles. The fourth-order valence-electron chi connectivity index (χ4n) is 4.58. The van der Waals surface area contributed by atoms with Crippen molar-refractivity contribution in [1.29, 1.82) is 0 Å². The lowest BCUT2D eigenvalue weighted by Gasteiger charge is -2.18. The van der Waals surface area contributed by atoms with Crippen LogP contribution in [0.1, 0.15) is 68.9 Å². The van der Waals surface area contributed by atoms with Gasteiger partial charge in [-0.3, -0.25) is 4.79 Å². The van der Waals surface area contributed by atoms with Gasteiger partial charge in [0.1, 0.15) is 5.82 Å². The second-order valence-corrected chi connectivity index (χ2v) is 9.14. The van der Waals surface area contributed by atoms with Crippen LogP contribution in [0.3, 0.4) is 0 Å². The molecule has 0 saturated carbocycles. The molecule has 0 aliphatic heterocycles. The lowest BCUT2D eigenvalue weighted by molar-refractivity contribution is 0.0963. The van der Waals surface area contributed by atoms with Crippen molar-refractivity contribution in [3.05, 3.63) is 83.4 Å². The third-order valence-electron chi connectivity index (χ3n) is 6.30. The van der Waals surface area contributed by atoms with Gasteiger partial charge in [-0.25, -0.2) is 4.39 Å². The zero-order valence-electron chi connectivity index (χ0n) is 21.5. The molecule has 0 fully saturated rings. The lowest BCUT2D eigenvalue weighted by atomic mass is 9.94. The number of amides is 1. The largest absolute Gasteiger partial charge is 0.392 e. The maximum Gasteiger partial charge on any atom is 0.257 e. The molecule has 2 N–H and O–H groups in total. The van der Waals surface area contributed by atoms with Crippen molar-refractivity contribution in [2.24, 2.45) is 0 Å². The molecule has 1 aromatic heterocycles. The van der Waals surface area contributed by atoms with E-state index in [9.17, 15) is 14.3 Å². The van der Waals surface area contributed by atoms with Gasteiger partial charge in [0.2, 0.25) is 0 Å². The Balaban J connectivity index is 2.38. The Bertz CT molecular complexity index is 1250. The Hall–Kier alpha value is -3.62. The predicted octanol–water partition coefficient (Wildman–Crippen LogP) is 6.90. The van der Waals surface area contributed by atoms with E-state index in [4.69, 9.17) is 6.42 Å². The number of hydrogen-bond donors (Lipinski definition) is 2. The van der Waals surface area contributed by atoms with E-state index in [1.54, 1.807) is 12.1 Å². The van der Waals surface area contributed by atoms with E-state index in [0.717, 1.165) is 33.8 Å². The Morgan fingerprint density at radius 2 is 1.81 bits per heavy atom. The number of benzene rings is 2. The van der Waals surface area contributed by atoms with Crippen LogP contribution in [0.15, 0.2) is 66.4 Å². The Morgan fingerprint density at radius 1 is 1.14 bits per heavy atom. The summed E-state index contributed by atoms with van der Waals surface area (Å²) in [7, 11) is 0. The first-order valence-electron chi connectivity index (χ1n) is 12.5. The second-order valence-electron chi connectivity index (χ2n) is 9.14. The van der Waals surface area contributed by atoms with E-state index in [2.05, 4.69) is 29.7 Å². The van der Waals surface area contributed by atoms with Gasteiger partial charge < -0.3 is 15.0 Å². The number of halogens is 1. The van der Waals surface area contributed by atoms with Gasteiger partial charge in [0.05, 0.1) is 17.4 Å². The zero-order chi connectivity index (χ0) is 26.2. The molecular weight excluding hydrogens is 451 g/mol. The van der Waals surface area contributed by atoms with Crippen LogP contribution >= 0.6 is 0 Å². The number of aromatic nitrogens is 1. The average molecular weight is 487 g/mol. The smallest absolute Gasteiger partial charge is 0.257 e. The molecule has 1 atom stereocenters. The molecule has 3 aromatic rings. The maximum atomic E-state index is 13.9. The van der Waals surface area contributed by atoms with E-state index in [1.165, 1.54) is 12.1 Å². The van der Waals surface area contributed by atoms with Gasteiger partial charge in [0.25, 0.3) is 5.91 Å². The fraction of sp³-hybridized carbons (Fsp3) is 0.323. The van der Waals surface area contributed by atoms with Gasteiger partial charge in [-0.15, -0.1) is 12.3 Å². The Labute approximate surface area is 213 Å². The van der Waals surface area contributed by atoms with Crippen molar-refractivity contribution in [2.45, 2.75) is 65.5 Å². The highest BCUT2D eigenvalue weighted by atomic mass is 19.1. The van der Waals surface area contributed by atoms with Gasteiger partial charge in [0.15, 0.2) is 0 Å². The minimum absolute atomic E-state index is 0.00266. The van der Waals surface area contributed by atoms with Crippen LogP contribution in [0.25, 0.3) is 22.4 Å². The SMILES string of the molecule is C#CC[C@H](O)CCn1c(-c2ccc(F)cc2)c(-c2ccccc2)c(C(=O)N/C(=C/C)CC)c1C(C)C. The monoisotopic (exact) mass is 486 g/mol. The third-order valence-corrected chi connectivity index (χ3v) is 6.30. The number of hydrogen-bond acceptors (Lipinski definition) is 2. The minimum Gasteiger partial charge on any atom is -0.392 e. The molecule has 0 saturated heterocycles. The number of terminal acetylenes is 1. The van der Waals surface area contributed by atoms with Crippen LogP contribution < -0.4 is 5.32 Å². The molecule has 5 heteroatoms. The molecule has 1 amide bonds. The number of carbonyl (C=O) groups is 1. The third kappa shape index (κ3) is 5.95. The molecule has 1 heterocycles. The summed E-state index contributed by atoms with van der Waals surface area (Å²) in [6.07, 6.45) is 8.04. The minimum atomic E-state index is -0.661. The second kappa shape index (κ2) is 12.4. The van der Waals surface area contributed by atoms with Crippen LogP contribution in [-0.2, 0) is 6.54 Å². The number of carbonyl (C=O) groups excluding carboxylic acids is 1. The molecule has 0 bridgehead atoms. The summed E-state index contributed by atoms with van der Waals surface area (Å²) in [6.45, 7) is 8.47. The van der Waals surface area contributed by atoms with Crippen molar-refractivity contribution in [2.75, 3.05) is 0 Å². The van der Waals surface area contributed by atoms with E-state index in [-0.39, 0.29) is 24.1 Å². The fourth-order valence-corrected chi connectivity index (χ4v) is 4.58. The molecule has 4 nitrogen and oxygen atoms in total. The summed E-state index contributed by atoms with van der Waals surface area (Å²) in [5.74, 6) is 2.01. The Kier molecular flexibility index (Phi) is 9.27. The van der Waals surface area contributed by atoms with Crippen LogP contribution in [0.2, 0.25) is 0 Å². The topological polar surface area (TPSA) is 54.3 Å². The number of rotatable bonds is 10. The zero-order valence-corrected chi connectivity index (χ0v) is 21.5.